The normalized spacial score (nSPS) is 18.4. The van der Waals surface area contributed by atoms with Crippen LogP contribution in [0.1, 0.15) is 22.9 Å². The number of carbonyl (C=O) groups excluding carboxylic acids is 2. The number of esters is 1. The highest BCUT2D eigenvalue weighted by Crippen LogP contribution is 2.38. The van der Waals surface area contributed by atoms with E-state index in [9.17, 15) is 9.59 Å². The maximum absolute atomic E-state index is 13.2. The molecular formula is C26H24N2O7S. The van der Waals surface area contributed by atoms with Crippen LogP contribution in [0.4, 0.5) is 0 Å². The van der Waals surface area contributed by atoms with E-state index >= 15 is 0 Å². The number of ether oxygens (including phenoxy) is 5. The van der Waals surface area contributed by atoms with Crippen LogP contribution in [0.15, 0.2) is 65.1 Å². The molecule has 0 spiro atoms. The third kappa shape index (κ3) is 4.72. The second kappa shape index (κ2) is 10.3. The molecule has 0 saturated heterocycles. The Hall–Kier alpha value is -4.05. The Labute approximate surface area is 211 Å². The second-order valence-electron chi connectivity index (χ2n) is 8.07. The van der Waals surface area contributed by atoms with Crippen molar-refractivity contribution in [3.8, 4) is 23.0 Å². The molecule has 2 aliphatic rings. The molecule has 2 atom stereocenters. The molecule has 1 amide bonds. The summed E-state index contributed by atoms with van der Waals surface area (Å²) in [6.07, 6.45) is -0.454. The van der Waals surface area contributed by atoms with E-state index in [0.29, 0.717) is 29.4 Å². The smallest absolute Gasteiger partial charge is 0.351 e. The van der Waals surface area contributed by atoms with E-state index in [-0.39, 0.29) is 6.61 Å². The number of methoxy groups -OCH3 is 2. The monoisotopic (exact) mass is 508 g/mol. The minimum Gasteiger partial charge on any atom is -0.493 e. The first-order valence-electron chi connectivity index (χ1n) is 11.3. The van der Waals surface area contributed by atoms with Crippen LogP contribution in [0.5, 0.6) is 23.0 Å². The van der Waals surface area contributed by atoms with E-state index in [4.69, 9.17) is 23.7 Å². The Kier molecular flexibility index (Phi) is 6.77. The predicted octanol–water partition coefficient (Wildman–Crippen LogP) is 3.83. The number of hydrogen-bond acceptors (Lipinski definition) is 9. The van der Waals surface area contributed by atoms with Crippen LogP contribution < -0.4 is 18.9 Å². The molecule has 3 aromatic rings. The van der Waals surface area contributed by atoms with E-state index in [2.05, 4.69) is 5.10 Å². The van der Waals surface area contributed by atoms with Crippen LogP contribution in [-0.2, 0) is 14.3 Å². The van der Waals surface area contributed by atoms with Crippen molar-refractivity contribution in [3.63, 3.8) is 0 Å². The molecular weight excluding hydrogens is 484 g/mol. The van der Waals surface area contributed by atoms with Gasteiger partial charge in [0.15, 0.2) is 29.6 Å². The van der Waals surface area contributed by atoms with E-state index in [1.54, 1.807) is 49.8 Å². The summed E-state index contributed by atoms with van der Waals surface area (Å²) in [7, 11) is 3.12. The van der Waals surface area contributed by atoms with Gasteiger partial charge in [-0.05, 0) is 41.3 Å². The first kappa shape index (κ1) is 23.7. The molecule has 9 nitrogen and oxygen atoms in total. The van der Waals surface area contributed by atoms with E-state index in [0.717, 1.165) is 16.2 Å². The lowest BCUT2D eigenvalue weighted by molar-refractivity contribution is -0.160. The molecule has 2 aromatic carbocycles. The molecule has 36 heavy (non-hydrogen) atoms. The van der Waals surface area contributed by atoms with Crippen LogP contribution in [0.2, 0.25) is 0 Å². The number of benzene rings is 2. The number of nitrogens with zero attached hydrogens (tertiary/aromatic N) is 2. The fourth-order valence-corrected chi connectivity index (χ4v) is 4.80. The first-order chi connectivity index (χ1) is 17.6. The van der Waals surface area contributed by atoms with Gasteiger partial charge in [-0.2, -0.15) is 5.10 Å². The number of thiophene rings is 1. The van der Waals surface area contributed by atoms with Crippen molar-refractivity contribution in [2.75, 3.05) is 27.4 Å². The third-order valence-electron chi connectivity index (χ3n) is 5.87. The highest BCUT2D eigenvalue weighted by atomic mass is 32.1. The number of fused-ring (bicyclic) bond motifs is 1. The minimum atomic E-state index is -0.960. The topological polar surface area (TPSA) is 95.9 Å². The molecule has 0 aliphatic carbocycles. The van der Waals surface area contributed by atoms with Gasteiger partial charge in [0, 0.05) is 6.42 Å². The average molecular weight is 509 g/mol. The van der Waals surface area contributed by atoms with Gasteiger partial charge in [0.25, 0.3) is 5.91 Å². The van der Waals surface area contributed by atoms with Gasteiger partial charge in [-0.1, -0.05) is 24.3 Å². The number of rotatable bonds is 7. The Morgan fingerprint density at radius 1 is 1.06 bits per heavy atom. The van der Waals surface area contributed by atoms with Crippen molar-refractivity contribution in [3.05, 3.63) is 70.4 Å². The van der Waals surface area contributed by atoms with E-state index in [1.165, 1.54) is 5.01 Å². The van der Waals surface area contributed by atoms with E-state index in [1.807, 2.05) is 35.7 Å². The van der Waals surface area contributed by atoms with Gasteiger partial charge < -0.3 is 23.7 Å². The van der Waals surface area contributed by atoms with Crippen LogP contribution in [0.25, 0.3) is 0 Å². The highest BCUT2D eigenvalue weighted by Gasteiger charge is 2.35. The molecule has 0 unspecified atom stereocenters. The zero-order valence-electron chi connectivity index (χ0n) is 19.7. The minimum absolute atomic E-state index is 0.00268. The van der Waals surface area contributed by atoms with Crippen LogP contribution in [-0.4, -0.2) is 56.1 Å². The molecule has 0 saturated carbocycles. The molecule has 0 bridgehead atoms. The van der Waals surface area contributed by atoms with Crippen molar-refractivity contribution in [1.29, 1.82) is 0 Å². The predicted molar refractivity (Wildman–Crippen MR) is 132 cm³/mol. The summed E-state index contributed by atoms with van der Waals surface area (Å²) in [4.78, 5) is 26.8. The van der Waals surface area contributed by atoms with Gasteiger partial charge >= 0.3 is 5.97 Å². The van der Waals surface area contributed by atoms with Crippen LogP contribution in [0.3, 0.4) is 0 Å². The van der Waals surface area contributed by atoms with Crippen molar-refractivity contribution in [2.24, 2.45) is 5.10 Å². The zero-order chi connectivity index (χ0) is 25.1. The Morgan fingerprint density at radius 3 is 2.61 bits per heavy atom. The lowest BCUT2D eigenvalue weighted by Crippen LogP contribution is -2.40. The standard InChI is InChI=1S/C26H24N2O7S/c1-31-19-10-9-16(12-22(19)32-2)18-13-17(24-8-5-11-36-24)27-28(18)25(29)15-34-26(30)23-14-33-20-6-3-4-7-21(20)35-23/h3-12,18,23H,13-15H2,1-2H3/t18-,23+/m0/s1. The fourth-order valence-electron chi connectivity index (χ4n) is 4.08. The van der Waals surface area contributed by atoms with Crippen molar-refractivity contribution >= 4 is 28.9 Å². The summed E-state index contributed by atoms with van der Waals surface area (Å²) in [5.74, 6) is 1.02. The van der Waals surface area contributed by atoms with Gasteiger partial charge in [-0.15, -0.1) is 11.3 Å². The SMILES string of the molecule is COc1ccc([C@@H]2CC(c3cccs3)=NN2C(=O)COC(=O)[C@H]2COc3ccccc3O2)cc1OC. The Balaban J connectivity index is 1.31. The van der Waals surface area contributed by atoms with Gasteiger partial charge in [-0.25, -0.2) is 9.80 Å². The number of hydrazone groups is 1. The summed E-state index contributed by atoms with van der Waals surface area (Å²) < 4.78 is 27.3. The van der Waals surface area contributed by atoms with Crippen LogP contribution in [0, 0.1) is 0 Å². The summed E-state index contributed by atoms with van der Waals surface area (Å²) in [5, 5.41) is 7.93. The molecule has 0 N–H and O–H groups in total. The lowest BCUT2D eigenvalue weighted by Gasteiger charge is -2.26. The Bertz CT molecular complexity index is 1290. The molecule has 0 radical (unpaired) electrons. The first-order valence-corrected chi connectivity index (χ1v) is 12.2. The summed E-state index contributed by atoms with van der Waals surface area (Å²) >= 11 is 1.55. The number of para-hydroxylation sites is 2. The number of hydrogen-bond donors (Lipinski definition) is 0. The maximum Gasteiger partial charge on any atom is 0.351 e. The molecule has 2 aliphatic heterocycles. The number of amides is 1. The van der Waals surface area contributed by atoms with Gasteiger partial charge in [0.2, 0.25) is 6.10 Å². The molecule has 186 valence electrons. The largest absolute Gasteiger partial charge is 0.493 e. The quantitative estimate of drug-likeness (QED) is 0.448. The summed E-state index contributed by atoms with van der Waals surface area (Å²) in [5.41, 5.74) is 1.60. The summed E-state index contributed by atoms with van der Waals surface area (Å²) in [6.45, 7) is -0.478. The average Bonchev–Trinajstić information content (AvgIpc) is 3.61. The van der Waals surface area contributed by atoms with E-state index < -0.39 is 30.6 Å². The van der Waals surface area contributed by atoms with Gasteiger partial charge in [0.05, 0.1) is 30.9 Å². The maximum atomic E-state index is 13.2. The Morgan fingerprint density at radius 2 is 1.86 bits per heavy atom. The van der Waals surface area contributed by atoms with Crippen molar-refractivity contribution in [1.82, 2.24) is 5.01 Å². The highest BCUT2D eigenvalue weighted by molar-refractivity contribution is 7.12. The molecule has 0 fully saturated rings. The van der Waals surface area contributed by atoms with Crippen LogP contribution >= 0.6 is 11.3 Å². The zero-order valence-corrected chi connectivity index (χ0v) is 20.5. The van der Waals surface area contributed by atoms with Crippen molar-refractivity contribution in [2.45, 2.75) is 18.6 Å². The summed E-state index contributed by atoms with van der Waals surface area (Å²) in [6, 6.07) is 16.0. The lowest BCUT2D eigenvalue weighted by atomic mass is 10.0. The van der Waals surface area contributed by atoms with Gasteiger partial charge in [0.1, 0.15) is 6.61 Å². The molecule has 5 rings (SSSR count). The fraction of sp³-hybridized carbons (Fsp3) is 0.269. The second-order valence-corrected chi connectivity index (χ2v) is 9.02. The molecule has 1 aromatic heterocycles. The molecule has 3 heterocycles. The third-order valence-corrected chi connectivity index (χ3v) is 6.79. The number of carbonyl (C=O) groups is 2. The van der Waals surface area contributed by atoms with Gasteiger partial charge in [-0.3, -0.25) is 4.79 Å². The van der Waals surface area contributed by atoms with Crippen molar-refractivity contribution < 1.29 is 33.3 Å². The molecule has 10 heteroatoms.